The van der Waals surface area contributed by atoms with Crippen molar-refractivity contribution in [2.45, 2.75) is 6.54 Å². The summed E-state index contributed by atoms with van der Waals surface area (Å²) in [6.07, 6.45) is 2.86. The Bertz CT molecular complexity index is 969. The van der Waals surface area contributed by atoms with E-state index in [1.54, 1.807) is 0 Å². The van der Waals surface area contributed by atoms with Crippen LogP contribution in [-0.2, 0) is 23.7 Å². The average molecular weight is 342 g/mol. The van der Waals surface area contributed by atoms with Crippen molar-refractivity contribution < 1.29 is 17.5 Å². The van der Waals surface area contributed by atoms with Crippen molar-refractivity contribution in [2.24, 2.45) is 7.05 Å². The number of nitrogens with zero attached hydrogens (tertiary/aromatic N) is 2. The van der Waals surface area contributed by atoms with Crippen LogP contribution in [0.4, 0.5) is 0 Å². The number of imidazole rings is 1. The van der Waals surface area contributed by atoms with Gasteiger partial charge in [0, 0.05) is 17.4 Å². The lowest BCUT2D eigenvalue weighted by molar-refractivity contribution is -0.671. The molecule has 0 saturated heterocycles. The van der Waals surface area contributed by atoms with E-state index in [0.717, 1.165) is 6.54 Å². The molecular formula is C18H18N2O3S. The molecule has 5 nitrogen and oxygen atoms in total. The number of hydrogen-bond acceptors (Lipinski definition) is 3. The van der Waals surface area contributed by atoms with Gasteiger partial charge in [0.15, 0.2) is 5.69 Å². The summed E-state index contributed by atoms with van der Waals surface area (Å²) in [6.45, 7) is 0.978. The molecule has 0 radical (unpaired) electrons. The minimum atomic E-state index is -3.92. The third-order valence-electron chi connectivity index (χ3n) is 3.90. The normalized spacial score (nSPS) is 12.1. The molecule has 0 spiro atoms. The molecule has 2 aromatic carbocycles. The van der Waals surface area contributed by atoms with Crippen molar-refractivity contribution in [1.82, 2.24) is 4.57 Å². The summed E-state index contributed by atoms with van der Waals surface area (Å²) in [7, 11) is -1.77. The minimum Gasteiger partial charge on any atom is -0.748 e. The summed E-state index contributed by atoms with van der Waals surface area (Å²) in [6, 6.07) is 19.2. The van der Waals surface area contributed by atoms with E-state index in [1.807, 2.05) is 0 Å². The van der Waals surface area contributed by atoms with Gasteiger partial charge in [-0.05, 0) is 6.07 Å². The first-order valence-electron chi connectivity index (χ1n) is 7.48. The molecule has 6 heteroatoms. The molecule has 4 rings (SSSR count). The lowest BCUT2D eigenvalue weighted by Gasteiger charge is -1.99. The van der Waals surface area contributed by atoms with Gasteiger partial charge in [0.2, 0.25) is 0 Å². The molecule has 1 aromatic heterocycles. The fourth-order valence-corrected chi connectivity index (χ4v) is 2.99. The Morgan fingerprint density at radius 1 is 1.04 bits per heavy atom. The Morgan fingerprint density at radius 2 is 1.62 bits per heavy atom. The van der Waals surface area contributed by atoms with Gasteiger partial charge in [-0.2, -0.15) is 0 Å². The molecule has 124 valence electrons. The fraction of sp³-hybridized carbons (Fsp3) is 0.167. The van der Waals surface area contributed by atoms with Crippen molar-refractivity contribution in [1.29, 1.82) is 0 Å². The van der Waals surface area contributed by atoms with Gasteiger partial charge >= 0.3 is 0 Å². The molecule has 0 fully saturated rings. The number of benzene rings is 2. The van der Waals surface area contributed by atoms with Crippen LogP contribution < -0.4 is 4.57 Å². The Hall–Kier alpha value is -2.44. The van der Waals surface area contributed by atoms with Crippen molar-refractivity contribution in [2.75, 3.05) is 6.26 Å². The van der Waals surface area contributed by atoms with Crippen LogP contribution in [-0.4, -0.2) is 23.8 Å². The van der Waals surface area contributed by atoms with Gasteiger partial charge in [0.05, 0.1) is 22.7 Å². The molecule has 0 bridgehead atoms. The van der Waals surface area contributed by atoms with E-state index in [4.69, 9.17) is 13.0 Å². The topological polar surface area (TPSA) is 66.0 Å². The third kappa shape index (κ3) is 3.39. The molecule has 0 amide bonds. The average Bonchev–Trinajstić information content (AvgIpc) is 3.03. The SMILES string of the molecule is CS(=O)(=O)[O-].Cn1c(-c2ccccc2)c[n+]2c1-c1ccccc1C2. The first-order valence-corrected chi connectivity index (χ1v) is 9.30. The predicted molar refractivity (Wildman–Crippen MR) is 91.2 cm³/mol. The predicted octanol–water partition coefficient (Wildman–Crippen LogP) is 2.17. The molecule has 0 atom stereocenters. The maximum absolute atomic E-state index is 9.08. The zero-order valence-corrected chi connectivity index (χ0v) is 14.3. The second kappa shape index (κ2) is 6.22. The zero-order valence-electron chi connectivity index (χ0n) is 13.5. The molecule has 1 aliphatic heterocycles. The highest BCUT2D eigenvalue weighted by Crippen LogP contribution is 2.30. The highest BCUT2D eigenvalue weighted by molar-refractivity contribution is 7.84. The van der Waals surface area contributed by atoms with E-state index >= 15 is 0 Å². The summed E-state index contributed by atoms with van der Waals surface area (Å²) in [5.41, 5.74) is 5.30. The second-order valence-corrected chi connectivity index (χ2v) is 7.16. The third-order valence-corrected chi connectivity index (χ3v) is 3.90. The molecule has 2 heterocycles. The summed E-state index contributed by atoms with van der Waals surface area (Å²) in [5, 5.41) is 0. The quantitative estimate of drug-likeness (QED) is 0.393. The molecule has 0 N–H and O–H groups in total. The van der Waals surface area contributed by atoms with E-state index in [-0.39, 0.29) is 0 Å². The van der Waals surface area contributed by atoms with Crippen molar-refractivity contribution in [3.05, 3.63) is 66.4 Å². The smallest absolute Gasteiger partial charge is 0.289 e. The Labute approximate surface area is 141 Å². The van der Waals surface area contributed by atoms with E-state index in [2.05, 4.69) is 77.0 Å². The lowest BCUT2D eigenvalue weighted by Crippen LogP contribution is -2.29. The summed E-state index contributed by atoms with van der Waals surface area (Å²) in [4.78, 5) is 0. The summed E-state index contributed by atoms with van der Waals surface area (Å²) < 4.78 is 31.9. The largest absolute Gasteiger partial charge is 0.748 e. The molecule has 24 heavy (non-hydrogen) atoms. The Morgan fingerprint density at radius 3 is 2.29 bits per heavy atom. The van der Waals surface area contributed by atoms with Crippen LogP contribution in [0.1, 0.15) is 5.56 Å². The second-order valence-electron chi connectivity index (χ2n) is 5.75. The zero-order chi connectivity index (χ0) is 17.3. The monoisotopic (exact) mass is 342 g/mol. The van der Waals surface area contributed by atoms with Crippen molar-refractivity contribution in [3.63, 3.8) is 0 Å². The molecule has 0 aliphatic carbocycles. The highest BCUT2D eigenvalue weighted by Gasteiger charge is 2.30. The maximum Gasteiger partial charge on any atom is 0.289 e. The van der Waals surface area contributed by atoms with Crippen molar-refractivity contribution >= 4 is 10.1 Å². The number of fused-ring (bicyclic) bond motifs is 3. The molecule has 0 saturated carbocycles. The van der Waals surface area contributed by atoms with Gasteiger partial charge in [-0.25, -0.2) is 17.6 Å². The Balaban J connectivity index is 0.000000300. The Kier molecular flexibility index (Phi) is 4.26. The van der Waals surface area contributed by atoms with Crippen LogP contribution in [0.3, 0.4) is 0 Å². The lowest BCUT2D eigenvalue weighted by atomic mass is 10.1. The van der Waals surface area contributed by atoms with E-state index in [0.29, 0.717) is 6.26 Å². The number of rotatable bonds is 1. The van der Waals surface area contributed by atoms with E-state index < -0.39 is 10.1 Å². The number of hydrogen-bond donors (Lipinski definition) is 0. The maximum atomic E-state index is 9.08. The van der Waals surface area contributed by atoms with Gasteiger partial charge in [0.25, 0.3) is 5.82 Å². The van der Waals surface area contributed by atoms with Crippen LogP contribution in [0.2, 0.25) is 0 Å². The standard InChI is InChI=1S/C17H15N2.CH4O3S/c1-18-16(13-7-3-2-4-8-13)12-19-11-14-9-5-6-10-15(14)17(18)19;1-5(2,3)4/h2-10,12H,11H2,1H3;1H3,(H,2,3,4)/q+1;/p-1. The van der Waals surface area contributed by atoms with Gasteiger partial charge in [-0.3, -0.25) is 0 Å². The van der Waals surface area contributed by atoms with E-state index in [9.17, 15) is 0 Å². The van der Waals surface area contributed by atoms with Gasteiger partial charge in [0.1, 0.15) is 12.7 Å². The summed E-state index contributed by atoms with van der Waals surface area (Å²) >= 11 is 0. The van der Waals surface area contributed by atoms with Crippen molar-refractivity contribution in [3.8, 4) is 22.6 Å². The summed E-state index contributed by atoms with van der Waals surface area (Å²) in [5.74, 6) is 1.30. The first kappa shape index (κ1) is 16.4. The number of aromatic nitrogens is 2. The fourth-order valence-electron chi connectivity index (χ4n) is 2.99. The van der Waals surface area contributed by atoms with Crippen LogP contribution in [0.25, 0.3) is 22.6 Å². The molecule has 0 unspecified atom stereocenters. The first-order chi connectivity index (χ1) is 11.3. The highest BCUT2D eigenvalue weighted by atomic mass is 32.2. The van der Waals surface area contributed by atoms with Crippen LogP contribution in [0.5, 0.6) is 0 Å². The van der Waals surface area contributed by atoms with Crippen LogP contribution in [0, 0.1) is 0 Å². The van der Waals surface area contributed by atoms with Gasteiger partial charge in [-0.15, -0.1) is 0 Å². The molecular weight excluding hydrogens is 324 g/mol. The molecule has 1 aliphatic rings. The minimum absolute atomic E-state index is 0.604. The van der Waals surface area contributed by atoms with E-state index in [1.165, 1.54) is 28.2 Å². The van der Waals surface area contributed by atoms with Gasteiger partial charge in [-0.1, -0.05) is 48.5 Å². The molecule has 3 aromatic rings. The van der Waals surface area contributed by atoms with Crippen LogP contribution >= 0.6 is 0 Å². The van der Waals surface area contributed by atoms with Gasteiger partial charge < -0.3 is 4.55 Å². The van der Waals surface area contributed by atoms with Crippen LogP contribution in [0.15, 0.2) is 60.8 Å².